The molecule has 2 amide bonds. The normalized spacial score (nSPS) is 15.1. The predicted molar refractivity (Wildman–Crippen MR) is 105 cm³/mol. The minimum atomic E-state index is -0.0830. The van der Waals surface area contributed by atoms with Crippen LogP contribution in [0, 0.1) is 5.92 Å². The highest BCUT2D eigenvalue weighted by Crippen LogP contribution is 2.30. The second-order valence-corrected chi connectivity index (χ2v) is 8.19. The number of carbonyl (C=O) groups is 2. The third kappa shape index (κ3) is 4.55. The monoisotopic (exact) mass is 411 g/mol. The van der Waals surface area contributed by atoms with E-state index in [2.05, 4.69) is 10.3 Å². The third-order valence-electron chi connectivity index (χ3n) is 4.49. The summed E-state index contributed by atoms with van der Waals surface area (Å²) < 4.78 is 0. The zero-order valence-corrected chi connectivity index (χ0v) is 16.6. The van der Waals surface area contributed by atoms with Crippen LogP contribution in [-0.2, 0) is 16.0 Å². The number of anilines is 1. The first-order valence-corrected chi connectivity index (χ1v) is 9.95. The van der Waals surface area contributed by atoms with Crippen LogP contribution in [0.25, 0.3) is 0 Å². The largest absolute Gasteiger partial charge is 0.343 e. The van der Waals surface area contributed by atoms with Crippen LogP contribution in [-0.4, -0.2) is 34.8 Å². The van der Waals surface area contributed by atoms with Crippen LogP contribution < -0.4 is 5.32 Å². The Morgan fingerprint density at radius 3 is 2.73 bits per heavy atom. The summed E-state index contributed by atoms with van der Waals surface area (Å²) in [6.07, 6.45) is 3.73. The number of hydrogen-bond acceptors (Lipinski definition) is 4. The standard InChI is InChI=1S/C18H19Cl2N3O2S/c1-11(24)23-7-5-12(6-8-23)17(25)22-18-21-10-14(26-18)9-13-3-2-4-15(19)16(13)20/h2-4,10,12H,5-9H2,1H3,(H,21,22,25). The van der Waals surface area contributed by atoms with Gasteiger partial charge in [-0.15, -0.1) is 11.3 Å². The molecule has 2 heterocycles. The number of piperidine rings is 1. The molecule has 1 saturated heterocycles. The second-order valence-electron chi connectivity index (χ2n) is 6.29. The van der Waals surface area contributed by atoms with Gasteiger partial charge < -0.3 is 10.2 Å². The minimum absolute atomic E-state index is 0.0325. The average Bonchev–Trinajstić information content (AvgIpc) is 3.06. The SMILES string of the molecule is CC(=O)N1CCC(C(=O)Nc2ncc(Cc3cccc(Cl)c3Cl)s2)CC1. The molecule has 0 atom stereocenters. The van der Waals surface area contributed by atoms with E-state index >= 15 is 0 Å². The van der Waals surface area contributed by atoms with Gasteiger partial charge in [0.05, 0.1) is 10.0 Å². The highest BCUT2D eigenvalue weighted by atomic mass is 35.5. The Hall–Kier alpha value is -1.63. The molecule has 26 heavy (non-hydrogen) atoms. The van der Waals surface area contributed by atoms with Crippen LogP contribution in [0.2, 0.25) is 10.0 Å². The Labute approximate surface area is 166 Å². The summed E-state index contributed by atoms with van der Waals surface area (Å²) in [5, 5.41) is 4.55. The van der Waals surface area contributed by atoms with Crippen molar-refractivity contribution in [3.63, 3.8) is 0 Å². The van der Waals surface area contributed by atoms with Crippen molar-refractivity contribution >= 4 is 51.5 Å². The highest BCUT2D eigenvalue weighted by molar-refractivity contribution is 7.15. The fraction of sp³-hybridized carbons (Fsp3) is 0.389. The maximum atomic E-state index is 12.4. The number of thiazole rings is 1. The van der Waals surface area contributed by atoms with Crippen molar-refractivity contribution in [2.45, 2.75) is 26.2 Å². The molecular weight excluding hydrogens is 393 g/mol. The van der Waals surface area contributed by atoms with E-state index in [1.54, 1.807) is 24.1 Å². The molecule has 0 spiro atoms. The molecule has 0 saturated carbocycles. The number of likely N-dealkylation sites (tertiary alicyclic amines) is 1. The molecule has 1 aromatic carbocycles. The van der Waals surface area contributed by atoms with Gasteiger partial charge in [0, 0.05) is 43.4 Å². The maximum absolute atomic E-state index is 12.4. The van der Waals surface area contributed by atoms with Gasteiger partial charge in [-0.3, -0.25) is 9.59 Å². The number of carbonyl (C=O) groups excluding carboxylic acids is 2. The van der Waals surface area contributed by atoms with Gasteiger partial charge in [-0.1, -0.05) is 35.3 Å². The fourth-order valence-electron chi connectivity index (χ4n) is 2.98. The molecule has 1 aliphatic rings. The van der Waals surface area contributed by atoms with Crippen LogP contribution in [0.15, 0.2) is 24.4 Å². The molecule has 138 valence electrons. The smallest absolute Gasteiger partial charge is 0.229 e. The summed E-state index contributed by atoms with van der Waals surface area (Å²) in [6.45, 7) is 2.82. The summed E-state index contributed by atoms with van der Waals surface area (Å²) in [4.78, 5) is 30.8. The van der Waals surface area contributed by atoms with E-state index in [0.29, 0.717) is 47.5 Å². The van der Waals surface area contributed by atoms with Gasteiger partial charge in [-0.2, -0.15) is 0 Å². The van der Waals surface area contributed by atoms with Crippen molar-refractivity contribution in [3.05, 3.63) is 44.9 Å². The van der Waals surface area contributed by atoms with Gasteiger partial charge in [-0.05, 0) is 24.5 Å². The number of benzene rings is 1. The van der Waals surface area contributed by atoms with Crippen molar-refractivity contribution in [2.75, 3.05) is 18.4 Å². The van der Waals surface area contributed by atoms with Gasteiger partial charge in [0.2, 0.25) is 11.8 Å². The molecule has 1 aliphatic heterocycles. The lowest BCUT2D eigenvalue weighted by Gasteiger charge is -2.30. The first kappa shape index (κ1) is 19.1. The Morgan fingerprint density at radius 1 is 1.31 bits per heavy atom. The van der Waals surface area contributed by atoms with Crippen molar-refractivity contribution in [1.29, 1.82) is 0 Å². The molecule has 3 rings (SSSR count). The number of halogens is 2. The van der Waals surface area contributed by atoms with Gasteiger partial charge in [0.1, 0.15) is 0 Å². The van der Waals surface area contributed by atoms with Crippen molar-refractivity contribution in [1.82, 2.24) is 9.88 Å². The topological polar surface area (TPSA) is 62.3 Å². The summed E-state index contributed by atoms with van der Waals surface area (Å²) in [6, 6.07) is 5.54. The molecule has 1 N–H and O–H groups in total. The van der Waals surface area contributed by atoms with Crippen LogP contribution in [0.1, 0.15) is 30.2 Å². The van der Waals surface area contributed by atoms with Gasteiger partial charge in [0.25, 0.3) is 0 Å². The lowest BCUT2D eigenvalue weighted by molar-refractivity contribution is -0.132. The number of hydrogen-bond donors (Lipinski definition) is 1. The van der Waals surface area contributed by atoms with E-state index < -0.39 is 0 Å². The lowest BCUT2D eigenvalue weighted by Crippen LogP contribution is -2.40. The van der Waals surface area contributed by atoms with E-state index in [-0.39, 0.29) is 17.7 Å². The number of nitrogens with zero attached hydrogens (tertiary/aromatic N) is 2. The molecule has 2 aromatic rings. The second kappa shape index (κ2) is 8.37. The first-order chi connectivity index (χ1) is 12.4. The zero-order valence-electron chi connectivity index (χ0n) is 14.3. The molecule has 8 heteroatoms. The van der Waals surface area contributed by atoms with Crippen LogP contribution in [0.3, 0.4) is 0 Å². The van der Waals surface area contributed by atoms with Crippen molar-refractivity contribution < 1.29 is 9.59 Å². The number of rotatable bonds is 4. The maximum Gasteiger partial charge on any atom is 0.229 e. The molecule has 5 nitrogen and oxygen atoms in total. The van der Waals surface area contributed by atoms with Crippen molar-refractivity contribution in [3.8, 4) is 0 Å². The summed E-state index contributed by atoms with van der Waals surface area (Å²) in [5.41, 5.74) is 0.928. The van der Waals surface area contributed by atoms with Gasteiger partial charge >= 0.3 is 0 Å². The summed E-state index contributed by atoms with van der Waals surface area (Å²) in [7, 11) is 0. The van der Waals surface area contributed by atoms with E-state index in [4.69, 9.17) is 23.2 Å². The minimum Gasteiger partial charge on any atom is -0.343 e. The van der Waals surface area contributed by atoms with Crippen LogP contribution >= 0.6 is 34.5 Å². The molecule has 0 unspecified atom stereocenters. The molecule has 0 aliphatic carbocycles. The van der Waals surface area contributed by atoms with Crippen LogP contribution in [0.4, 0.5) is 5.13 Å². The molecule has 1 fully saturated rings. The molecule has 0 radical (unpaired) electrons. The van der Waals surface area contributed by atoms with E-state index in [1.165, 1.54) is 11.3 Å². The molecule has 1 aromatic heterocycles. The van der Waals surface area contributed by atoms with E-state index in [9.17, 15) is 9.59 Å². The fourth-order valence-corrected chi connectivity index (χ4v) is 4.21. The zero-order chi connectivity index (χ0) is 18.7. The number of aromatic nitrogens is 1. The Kier molecular flexibility index (Phi) is 6.16. The summed E-state index contributed by atoms with van der Waals surface area (Å²) >= 11 is 13.7. The molecular formula is C18H19Cl2N3O2S. The summed E-state index contributed by atoms with van der Waals surface area (Å²) in [5.74, 6) is -0.0525. The highest BCUT2D eigenvalue weighted by Gasteiger charge is 2.26. The van der Waals surface area contributed by atoms with Crippen LogP contribution in [0.5, 0.6) is 0 Å². The first-order valence-electron chi connectivity index (χ1n) is 8.38. The molecule has 0 bridgehead atoms. The quantitative estimate of drug-likeness (QED) is 0.817. The van der Waals surface area contributed by atoms with Crippen molar-refractivity contribution in [2.24, 2.45) is 5.92 Å². The average molecular weight is 412 g/mol. The van der Waals surface area contributed by atoms with Gasteiger partial charge in [0.15, 0.2) is 5.13 Å². The predicted octanol–water partition coefficient (Wildman–Crippen LogP) is 4.24. The Morgan fingerprint density at radius 2 is 2.04 bits per heavy atom. The van der Waals surface area contributed by atoms with E-state index in [1.807, 2.05) is 12.1 Å². The number of amides is 2. The lowest BCUT2D eigenvalue weighted by atomic mass is 9.96. The Bertz CT molecular complexity index is 817. The third-order valence-corrected chi connectivity index (χ3v) is 6.26. The van der Waals surface area contributed by atoms with E-state index in [0.717, 1.165) is 10.4 Å². The number of nitrogens with one attached hydrogen (secondary N) is 1. The Balaban J connectivity index is 1.57. The van der Waals surface area contributed by atoms with Gasteiger partial charge in [-0.25, -0.2) is 4.98 Å².